The third-order valence-corrected chi connectivity index (χ3v) is 5.22. The van der Waals surface area contributed by atoms with Gasteiger partial charge in [-0.2, -0.15) is 11.8 Å². The van der Waals surface area contributed by atoms with E-state index in [4.69, 9.17) is 4.74 Å². The maximum absolute atomic E-state index is 12.5. The van der Waals surface area contributed by atoms with Crippen molar-refractivity contribution in [3.8, 4) is 0 Å². The summed E-state index contributed by atoms with van der Waals surface area (Å²) in [7, 11) is 1.30. The van der Waals surface area contributed by atoms with Gasteiger partial charge in [0.15, 0.2) is 0 Å². The molecular weight excluding hydrogens is 408 g/mol. The molecule has 2 rings (SSSR count). The molecule has 136 valence electrons. The van der Waals surface area contributed by atoms with Gasteiger partial charge < -0.3 is 15.0 Å². The Morgan fingerprint density at radius 2 is 2.08 bits per heavy atom. The van der Waals surface area contributed by atoms with Crippen LogP contribution in [0.2, 0.25) is 0 Å². The van der Waals surface area contributed by atoms with Crippen LogP contribution in [-0.2, 0) is 19.1 Å². The van der Waals surface area contributed by atoms with Crippen LogP contribution in [0.15, 0.2) is 28.7 Å². The predicted octanol–water partition coefficient (Wildman–Crippen LogP) is 2.21. The number of carbonyl (C=O) groups excluding carboxylic acids is 3. The number of nitrogens with zero attached hydrogens (tertiary/aromatic N) is 1. The average molecular weight is 429 g/mol. The highest BCUT2D eigenvalue weighted by Crippen LogP contribution is 2.26. The van der Waals surface area contributed by atoms with E-state index in [-0.39, 0.29) is 18.2 Å². The lowest BCUT2D eigenvalue weighted by atomic mass is 10.1. The minimum absolute atomic E-state index is 0.0961. The number of hydrogen-bond donors (Lipinski definition) is 1. The standard InChI is InChI=1S/C17H21BrN2O4S/c1-24-17(23)14(7-8-25-2)19-16(22)11-9-15(21)20(10-11)13-5-3-12(18)4-6-13/h3-6,11,14H,7-10H2,1-2H3,(H,19,22)/t11-,14-/m1/s1. The highest BCUT2D eigenvalue weighted by atomic mass is 79.9. The molecule has 1 aromatic rings. The minimum atomic E-state index is -0.679. The lowest BCUT2D eigenvalue weighted by molar-refractivity contribution is -0.145. The number of amides is 2. The molecule has 0 bridgehead atoms. The van der Waals surface area contributed by atoms with Crippen molar-refractivity contribution in [1.29, 1.82) is 0 Å². The Hall–Kier alpha value is -1.54. The molecule has 0 radical (unpaired) electrons. The van der Waals surface area contributed by atoms with Crippen molar-refractivity contribution < 1.29 is 19.1 Å². The zero-order valence-electron chi connectivity index (χ0n) is 14.2. The Bertz CT molecular complexity index is 638. The first-order valence-corrected chi connectivity index (χ1v) is 10.1. The van der Waals surface area contributed by atoms with Crippen LogP contribution in [0.5, 0.6) is 0 Å². The molecule has 8 heteroatoms. The maximum Gasteiger partial charge on any atom is 0.328 e. The first-order valence-electron chi connectivity index (χ1n) is 7.89. The van der Waals surface area contributed by atoms with Gasteiger partial charge in [0.05, 0.1) is 13.0 Å². The molecule has 1 aromatic carbocycles. The number of rotatable bonds is 7. The number of thioether (sulfide) groups is 1. The van der Waals surface area contributed by atoms with E-state index in [1.54, 1.807) is 16.7 Å². The summed E-state index contributed by atoms with van der Waals surface area (Å²) in [5.41, 5.74) is 0.760. The summed E-state index contributed by atoms with van der Waals surface area (Å²) in [5.74, 6) is -0.589. The fourth-order valence-electron chi connectivity index (χ4n) is 2.67. The molecule has 1 heterocycles. The topological polar surface area (TPSA) is 75.7 Å². The van der Waals surface area contributed by atoms with Crippen LogP contribution in [0, 0.1) is 5.92 Å². The largest absolute Gasteiger partial charge is 0.467 e. The Morgan fingerprint density at radius 3 is 2.68 bits per heavy atom. The molecule has 1 aliphatic heterocycles. The first-order chi connectivity index (χ1) is 12.0. The van der Waals surface area contributed by atoms with Crippen LogP contribution in [0.4, 0.5) is 5.69 Å². The quantitative estimate of drug-likeness (QED) is 0.673. The maximum atomic E-state index is 12.5. The number of benzene rings is 1. The number of hydrogen-bond acceptors (Lipinski definition) is 5. The van der Waals surface area contributed by atoms with Crippen molar-refractivity contribution in [2.24, 2.45) is 5.92 Å². The summed E-state index contributed by atoms with van der Waals surface area (Å²) < 4.78 is 5.67. The summed E-state index contributed by atoms with van der Waals surface area (Å²) in [6.07, 6.45) is 2.57. The fourth-order valence-corrected chi connectivity index (χ4v) is 3.41. The van der Waals surface area contributed by atoms with Crippen LogP contribution in [-0.4, -0.2) is 49.5 Å². The molecular formula is C17H21BrN2O4S. The van der Waals surface area contributed by atoms with Crippen LogP contribution >= 0.6 is 27.7 Å². The van der Waals surface area contributed by atoms with E-state index in [0.717, 1.165) is 15.9 Å². The van der Waals surface area contributed by atoms with Crippen LogP contribution in [0.25, 0.3) is 0 Å². The third kappa shape index (κ3) is 5.22. The molecule has 1 saturated heterocycles. The molecule has 0 aromatic heterocycles. The van der Waals surface area contributed by atoms with E-state index in [9.17, 15) is 14.4 Å². The van der Waals surface area contributed by atoms with Gasteiger partial charge in [-0.15, -0.1) is 0 Å². The van der Waals surface area contributed by atoms with E-state index in [0.29, 0.717) is 13.0 Å². The zero-order valence-corrected chi connectivity index (χ0v) is 16.6. The highest BCUT2D eigenvalue weighted by Gasteiger charge is 2.36. The first kappa shape index (κ1) is 19.8. The van der Waals surface area contributed by atoms with Crippen molar-refractivity contribution in [3.63, 3.8) is 0 Å². The van der Waals surface area contributed by atoms with Gasteiger partial charge in [-0.05, 0) is 42.7 Å². The zero-order chi connectivity index (χ0) is 18.4. The minimum Gasteiger partial charge on any atom is -0.467 e. The van der Waals surface area contributed by atoms with Crippen molar-refractivity contribution in [3.05, 3.63) is 28.7 Å². The number of carbonyl (C=O) groups is 3. The Morgan fingerprint density at radius 1 is 1.40 bits per heavy atom. The smallest absolute Gasteiger partial charge is 0.328 e. The molecule has 2 amide bonds. The van der Waals surface area contributed by atoms with E-state index < -0.39 is 17.9 Å². The second-order valence-electron chi connectivity index (χ2n) is 5.75. The normalized spacial score (nSPS) is 18.1. The lowest BCUT2D eigenvalue weighted by Gasteiger charge is -2.19. The molecule has 0 saturated carbocycles. The van der Waals surface area contributed by atoms with E-state index in [1.807, 2.05) is 30.5 Å². The molecule has 0 unspecified atom stereocenters. The predicted molar refractivity (Wildman–Crippen MR) is 102 cm³/mol. The van der Waals surface area contributed by atoms with Crippen LogP contribution in [0.3, 0.4) is 0 Å². The Labute approximate surface area is 159 Å². The van der Waals surface area contributed by atoms with Gasteiger partial charge in [-0.25, -0.2) is 4.79 Å². The molecule has 2 atom stereocenters. The van der Waals surface area contributed by atoms with Gasteiger partial charge >= 0.3 is 5.97 Å². The second-order valence-corrected chi connectivity index (χ2v) is 7.65. The van der Waals surface area contributed by atoms with Crippen LogP contribution < -0.4 is 10.2 Å². The number of esters is 1. The van der Waals surface area contributed by atoms with Gasteiger partial charge in [-0.3, -0.25) is 9.59 Å². The second kappa shape index (κ2) is 9.24. The van der Waals surface area contributed by atoms with Crippen LogP contribution in [0.1, 0.15) is 12.8 Å². The third-order valence-electron chi connectivity index (χ3n) is 4.05. The highest BCUT2D eigenvalue weighted by molar-refractivity contribution is 9.10. The molecule has 25 heavy (non-hydrogen) atoms. The Balaban J connectivity index is 2.01. The monoisotopic (exact) mass is 428 g/mol. The molecule has 1 aliphatic rings. The number of ether oxygens (including phenoxy) is 1. The SMILES string of the molecule is COC(=O)[C@@H](CCSC)NC(=O)[C@@H]1CC(=O)N(c2ccc(Br)cc2)C1. The number of methoxy groups -OCH3 is 1. The van der Waals surface area contributed by atoms with Crippen molar-refractivity contribution >= 4 is 51.2 Å². The number of halogens is 1. The van der Waals surface area contributed by atoms with Gasteiger partial charge in [-0.1, -0.05) is 15.9 Å². The van der Waals surface area contributed by atoms with Crippen molar-refractivity contribution in [2.75, 3.05) is 30.6 Å². The fraction of sp³-hybridized carbons (Fsp3) is 0.471. The molecule has 1 fully saturated rings. The number of anilines is 1. The lowest BCUT2D eigenvalue weighted by Crippen LogP contribution is -2.45. The summed E-state index contributed by atoms with van der Waals surface area (Å²) in [4.78, 5) is 38.2. The Kier molecular flexibility index (Phi) is 7.31. The molecule has 0 aliphatic carbocycles. The summed E-state index contributed by atoms with van der Waals surface area (Å²) in [6, 6.07) is 6.69. The van der Waals surface area contributed by atoms with Gasteiger partial charge in [0.1, 0.15) is 6.04 Å². The van der Waals surface area contributed by atoms with Gasteiger partial charge in [0.2, 0.25) is 11.8 Å². The van der Waals surface area contributed by atoms with Crippen molar-refractivity contribution in [1.82, 2.24) is 5.32 Å². The molecule has 0 spiro atoms. The van der Waals surface area contributed by atoms with Crippen molar-refractivity contribution in [2.45, 2.75) is 18.9 Å². The summed E-state index contributed by atoms with van der Waals surface area (Å²) in [5, 5.41) is 2.73. The van der Waals surface area contributed by atoms with Gasteiger partial charge in [0, 0.05) is 23.1 Å². The number of nitrogens with one attached hydrogen (secondary N) is 1. The molecule has 6 nitrogen and oxygen atoms in total. The van der Waals surface area contributed by atoms with E-state index in [1.165, 1.54) is 7.11 Å². The molecule has 1 N–H and O–H groups in total. The average Bonchev–Trinajstić information content (AvgIpc) is 3.00. The van der Waals surface area contributed by atoms with E-state index >= 15 is 0 Å². The summed E-state index contributed by atoms with van der Waals surface area (Å²) in [6.45, 7) is 0.308. The van der Waals surface area contributed by atoms with E-state index in [2.05, 4.69) is 21.2 Å². The summed E-state index contributed by atoms with van der Waals surface area (Å²) >= 11 is 4.95. The van der Waals surface area contributed by atoms with Gasteiger partial charge in [0.25, 0.3) is 0 Å².